The van der Waals surface area contributed by atoms with Crippen molar-refractivity contribution in [2.45, 2.75) is 32.2 Å². The summed E-state index contributed by atoms with van der Waals surface area (Å²) in [5, 5.41) is 0. The Kier molecular flexibility index (Phi) is 4.73. The summed E-state index contributed by atoms with van der Waals surface area (Å²) in [4.78, 5) is 17.4. The summed E-state index contributed by atoms with van der Waals surface area (Å²) in [5.74, 6) is 0.283. The summed E-state index contributed by atoms with van der Waals surface area (Å²) in [6.45, 7) is 5.99. The van der Waals surface area contributed by atoms with E-state index in [1.54, 1.807) is 0 Å². The fourth-order valence-corrected chi connectivity index (χ4v) is 5.28. The van der Waals surface area contributed by atoms with Gasteiger partial charge in [-0.15, -0.1) is 0 Å². The lowest BCUT2D eigenvalue weighted by Crippen LogP contribution is -2.59. The summed E-state index contributed by atoms with van der Waals surface area (Å²) in [5.41, 5.74) is -0.848. The highest BCUT2D eigenvalue weighted by Gasteiger charge is 2.50. The Balaban J connectivity index is 1.68. The van der Waals surface area contributed by atoms with Crippen molar-refractivity contribution in [1.82, 2.24) is 9.80 Å². The van der Waals surface area contributed by atoms with Crippen LogP contribution in [0.15, 0.2) is 0 Å². The van der Waals surface area contributed by atoms with Crippen LogP contribution in [-0.2, 0) is 19.4 Å². The van der Waals surface area contributed by atoms with E-state index in [9.17, 15) is 13.2 Å². The number of amides is 1. The van der Waals surface area contributed by atoms with Crippen molar-refractivity contribution in [2.24, 2.45) is 11.3 Å². The molecule has 1 amide bonds. The summed E-state index contributed by atoms with van der Waals surface area (Å²) in [6, 6.07) is 0.685. The lowest BCUT2D eigenvalue weighted by Gasteiger charge is -2.42. The molecule has 0 aromatic rings. The lowest BCUT2D eigenvalue weighted by molar-refractivity contribution is -0.168. The third-order valence-electron chi connectivity index (χ3n) is 5.36. The molecule has 2 saturated heterocycles. The van der Waals surface area contributed by atoms with Crippen LogP contribution in [0.3, 0.4) is 0 Å². The van der Waals surface area contributed by atoms with E-state index in [1.165, 1.54) is 25.5 Å². The average molecular weight is 344 g/mol. The minimum Gasteiger partial charge on any atom is -0.379 e. The maximum absolute atomic E-state index is 13.0. The first-order chi connectivity index (χ1) is 10.8. The van der Waals surface area contributed by atoms with Crippen molar-refractivity contribution >= 4 is 15.7 Å². The molecule has 1 atom stereocenters. The predicted molar refractivity (Wildman–Crippen MR) is 87.9 cm³/mol. The number of carbonyl (C=O) groups excluding carboxylic acids is 1. The fourth-order valence-electron chi connectivity index (χ4n) is 3.99. The minimum absolute atomic E-state index is 0.0310. The number of hydrogen-bond donors (Lipinski definition) is 0. The van der Waals surface area contributed by atoms with Crippen molar-refractivity contribution < 1.29 is 17.9 Å². The molecule has 23 heavy (non-hydrogen) atoms. The minimum atomic E-state index is -3.21. The van der Waals surface area contributed by atoms with Crippen LogP contribution in [0, 0.1) is 11.3 Å². The molecule has 6 nitrogen and oxygen atoms in total. The van der Waals surface area contributed by atoms with Gasteiger partial charge in [-0.05, 0) is 18.8 Å². The van der Waals surface area contributed by atoms with Crippen LogP contribution in [0.5, 0.6) is 0 Å². The first-order valence-corrected chi connectivity index (χ1v) is 10.6. The Bertz CT molecular complexity index is 554. The zero-order valence-electron chi connectivity index (χ0n) is 14.2. The van der Waals surface area contributed by atoms with Gasteiger partial charge in [0.25, 0.3) is 0 Å². The average Bonchev–Trinajstić information content (AvgIpc) is 2.52. The highest BCUT2D eigenvalue weighted by atomic mass is 32.2. The molecule has 0 N–H and O–H groups in total. The second-order valence-corrected chi connectivity index (χ2v) is 9.92. The first-order valence-electron chi connectivity index (χ1n) is 8.58. The molecular formula is C16H28N2O4S. The monoisotopic (exact) mass is 344 g/mol. The highest BCUT2D eigenvalue weighted by molar-refractivity contribution is 7.90. The number of nitrogens with zero attached hydrogens (tertiary/aromatic N) is 2. The van der Waals surface area contributed by atoms with Crippen LogP contribution >= 0.6 is 0 Å². The third kappa shape index (κ3) is 3.72. The van der Waals surface area contributed by atoms with E-state index in [2.05, 4.69) is 11.8 Å². The van der Waals surface area contributed by atoms with Gasteiger partial charge < -0.3 is 9.64 Å². The third-order valence-corrected chi connectivity index (χ3v) is 6.44. The first kappa shape index (κ1) is 17.2. The van der Waals surface area contributed by atoms with Gasteiger partial charge in [0.05, 0.1) is 19.0 Å². The molecule has 2 heterocycles. The quantitative estimate of drug-likeness (QED) is 0.738. The molecule has 3 aliphatic rings. The maximum Gasteiger partial charge on any atom is 0.234 e. The molecule has 0 radical (unpaired) electrons. The molecular weight excluding hydrogens is 316 g/mol. The van der Waals surface area contributed by atoms with Gasteiger partial charge in [-0.3, -0.25) is 9.69 Å². The van der Waals surface area contributed by atoms with Crippen LogP contribution in [0.1, 0.15) is 26.2 Å². The standard InChI is InChI=1S/C16H28N2O4S/c1-13-8-17(14-4-3-5-14)6-7-18(9-13)15(19)16(10-22-11-16)12-23(2,20)21/h13-14H,3-12H2,1-2H3. The summed E-state index contributed by atoms with van der Waals surface area (Å²) < 4.78 is 28.6. The molecule has 0 aromatic carbocycles. The highest BCUT2D eigenvalue weighted by Crippen LogP contribution is 2.33. The van der Waals surface area contributed by atoms with Gasteiger partial charge in [-0.2, -0.15) is 0 Å². The Hall–Kier alpha value is -0.660. The molecule has 0 aromatic heterocycles. The van der Waals surface area contributed by atoms with Crippen molar-refractivity contribution in [2.75, 3.05) is 51.4 Å². The molecule has 0 bridgehead atoms. The number of sulfone groups is 1. The maximum atomic E-state index is 13.0. The summed E-state index contributed by atoms with van der Waals surface area (Å²) >= 11 is 0. The Morgan fingerprint density at radius 2 is 1.91 bits per heavy atom. The number of hydrogen-bond acceptors (Lipinski definition) is 5. The van der Waals surface area contributed by atoms with Gasteiger partial charge in [0.1, 0.15) is 15.3 Å². The number of rotatable bonds is 4. The van der Waals surface area contributed by atoms with E-state index in [-0.39, 0.29) is 24.9 Å². The molecule has 3 fully saturated rings. The Morgan fingerprint density at radius 1 is 1.22 bits per heavy atom. The predicted octanol–water partition coefficient (Wildman–Crippen LogP) is 0.380. The van der Waals surface area contributed by atoms with Crippen LogP contribution in [0.4, 0.5) is 0 Å². The molecule has 1 aliphatic carbocycles. The van der Waals surface area contributed by atoms with Crippen LogP contribution in [0.2, 0.25) is 0 Å². The van der Waals surface area contributed by atoms with Crippen molar-refractivity contribution in [1.29, 1.82) is 0 Å². The number of ether oxygens (including phenoxy) is 1. The van der Waals surface area contributed by atoms with Crippen LogP contribution in [0.25, 0.3) is 0 Å². The molecule has 1 saturated carbocycles. The zero-order chi connectivity index (χ0) is 16.7. The van der Waals surface area contributed by atoms with Crippen LogP contribution in [-0.4, -0.2) is 81.6 Å². The summed E-state index contributed by atoms with van der Waals surface area (Å²) in [6.07, 6.45) is 5.05. The van der Waals surface area contributed by atoms with E-state index in [1.807, 2.05) is 4.90 Å². The Labute approximate surface area is 139 Å². The lowest BCUT2D eigenvalue weighted by atomic mass is 9.86. The molecule has 3 rings (SSSR count). The SMILES string of the molecule is CC1CN(C(=O)C2(CS(C)(=O)=O)COC2)CCN(C2CCC2)C1. The van der Waals surface area contributed by atoms with Crippen molar-refractivity contribution in [3.63, 3.8) is 0 Å². The molecule has 7 heteroatoms. The number of carbonyl (C=O) groups is 1. The van der Waals surface area contributed by atoms with Gasteiger partial charge in [-0.1, -0.05) is 13.3 Å². The Morgan fingerprint density at radius 3 is 2.39 bits per heavy atom. The second kappa shape index (κ2) is 6.33. The summed E-state index contributed by atoms with van der Waals surface area (Å²) in [7, 11) is -3.21. The topological polar surface area (TPSA) is 66.9 Å². The van der Waals surface area contributed by atoms with Gasteiger partial charge >= 0.3 is 0 Å². The molecule has 1 unspecified atom stereocenters. The largest absolute Gasteiger partial charge is 0.379 e. The van der Waals surface area contributed by atoms with E-state index in [4.69, 9.17) is 4.74 Å². The smallest absolute Gasteiger partial charge is 0.234 e. The van der Waals surface area contributed by atoms with Crippen LogP contribution < -0.4 is 0 Å². The van der Waals surface area contributed by atoms with Crippen molar-refractivity contribution in [3.05, 3.63) is 0 Å². The van der Waals surface area contributed by atoms with Gasteiger partial charge in [0.2, 0.25) is 5.91 Å². The van der Waals surface area contributed by atoms with Gasteiger partial charge in [-0.25, -0.2) is 8.42 Å². The van der Waals surface area contributed by atoms with E-state index >= 15 is 0 Å². The van der Waals surface area contributed by atoms with Gasteiger partial charge in [0.15, 0.2) is 0 Å². The molecule has 132 valence electrons. The van der Waals surface area contributed by atoms with E-state index in [0.717, 1.165) is 13.1 Å². The molecule has 2 aliphatic heterocycles. The van der Waals surface area contributed by atoms with E-state index in [0.29, 0.717) is 25.0 Å². The van der Waals surface area contributed by atoms with Crippen molar-refractivity contribution in [3.8, 4) is 0 Å². The van der Waals surface area contributed by atoms with E-state index < -0.39 is 15.3 Å². The van der Waals surface area contributed by atoms with Gasteiger partial charge in [0, 0.05) is 38.5 Å². The normalized spacial score (nSPS) is 29.5. The second-order valence-electron chi connectivity index (χ2n) is 7.78. The molecule has 0 spiro atoms. The zero-order valence-corrected chi connectivity index (χ0v) is 15.0. The fraction of sp³-hybridized carbons (Fsp3) is 0.938.